The van der Waals surface area contributed by atoms with Crippen LogP contribution in [0.3, 0.4) is 0 Å². The molecule has 0 aromatic rings. The molecule has 2 aliphatic carbocycles. The van der Waals surface area contributed by atoms with Crippen LogP contribution < -0.4 is 5.32 Å². The van der Waals surface area contributed by atoms with Gasteiger partial charge in [-0.1, -0.05) is 33.1 Å². The molecule has 2 fully saturated rings. The van der Waals surface area contributed by atoms with Crippen molar-refractivity contribution in [1.29, 1.82) is 0 Å². The van der Waals surface area contributed by atoms with E-state index in [4.69, 9.17) is 4.74 Å². The van der Waals surface area contributed by atoms with Crippen molar-refractivity contribution in [3.05, 3.63) is 0 Å². The van der Waals surface area contributed by atoms with E-state index >= 15 is 0 Å². The van der Waals surface area contributed by atoms with Crippen molar-refractivity contribution in [1.82, 2.24) is 5.32 Å². The summed E-state index contributed by atoms with van der Waals surface area (Å²) in [6, 6.07) is 0.318. The molecule has 2 aliphatic rings. The van der Waals surface area contributed by atoms with Crippen molar-refractivity contribution < 1.29 is 14.3 Å². The van der Waals surface area contributed by atoms with E-state index in [9.17, 15) is 9.59 Å². The van der Waals surface area contributed by atoms with Crippen molar-refractivity contribution in [3.8, 4) is 0 Å². The van der Waals surface area contributed by atoms with E-state index in [2.05, 4.69) is 19.2 Å². The second-order valence-electron chi connectivity index (χ2n) is 7.28. The molecule has 0 radical (unpaired) electrons. The molecule has 0 spiro atoms. The number of carbonyl (C=O) groups excluding carboxylic acids is 2. The molecular formula is C18H31NO3. The van der Waals surface area contributed by atoms with Gasteiger partial charge in [0.05, 0.1) is 6.42 Å². The molecule has 1 amide bonds. The van der Waals surface area contributed by atoms with Gasteiger partial charge in [-0.15, -0.1) is 0 Å². The molecule has 126 valence electrons. The fourth-order valence-corrected chi connectivity index (χ4v) is 3.61. The SMILES string of the molecule is C[C@@H]1CC[C@H](OC(=O)CCC(=O)NC2CCCCC2)C[C@H]1C. The van der Waals surface area contributed by atoms with Crippen molar-refractivity contribution in [2.75, 3.05) is 0 Å². The van der Waals surface area contributed by atoms with Gasteiger partial charge in [0.2, 0.25) is 5.91 Å². The highest BCUT2D eigenvalue weighted by atomic mass is 16.5. The van der Waals surface area contributed by atoms with Gasteiger partial charge in [0.1, 0.15) is 6.10 Å². The topological polar surface area (TPSA) is 55.4 Å². The predicted octanol–water partition coefficient (Wildman–Crippen LogP) is 3.58. The summed E-state index contributed by atoms with van der Waals surface area (Å²) in [6.07, 6.45) is 9.40. The first kappa shape index (κ1) is 17.3. The van der Waals surface area contributed by atoms with Gasteiger partial charge in [-0.25, -0.2) is 0 Å². The molecule has 2 saturated carbocycles. The lowest BCUT2D eigenvalue weighted by Crippen LogP contribution is -2.36. The lowest BCUT2D eigenvalue weighted by Gasteiger charge is -2.31. The summed E-state index contributed by atoms with van der Waals surface area (Å²) in [6.45, 7) is 4.49. The third-order valence-corrected chi connectivity index (χ3v) is 5.37. The molecule has 0 aromatic carbocycles. The number of hydrogen-bond donors (Lipinski definition) is 1. The van der Waals surface area contributed by atoms with Gasteiger partial charge in [-0.05, 0) is 43.9 Å². The van der Waals surface area contributed by atoms with E-state index in [0.717, 1.165) is 38.0 Å². The Morgan fingerprint density at radius 3 is 2.36 bits per heavy atom. The van der Waals surface area contributed by atoms with Gasteiger partial charge in [-0.3, -0.25) is 9.59 Å². The molecule has 0 saturated heterocycles. The van der Waals surface area contributed by atoms with Crippen LogP contribution in [-0.4, -0.2) is 24.0 Å². The van der Waals surface area contributed by atoms with Crippen LogP contribution in [0.25, 0.3) is 0 Å². The lowest BCUT2D eigenvalue weighted by molar-refractivity contribution is -0.152. The van der Waals surface area contributed by atoms with Crippen LogP contribution in [0.5, 0.6) is 0 Å². The highest BCUT2D eigenvalue weighted by Gasteiger charge is 2.27. The molecule has 0 unspecified atom stereocenters. The van der Waals surface area contributed by atoms with Crippen LogP contribution in [0.1, 0.15) is 78.1 Å². The Balaban J connectivity index is 1.61. The number of rotatable bonds is 5. The minimum absolute atomic E-state index is 0.00511. The smallest absolute Gasteiger partial charge is 0.306 e. The van der Waals surface area contributed by atoms with Crippen LogP contribution in [0, 0.1) is 11.8 Å². The van der Waals surface area contributed by atoms with E-state index in [1.165, 1.54) is 19.3 Å². The maximum atomic E-state index is 11.9. The molecule has 4 heteroatoms. The Kier molecular flexibility index (Phi) is 6.71. The lowest BCUT2D eigenvalue weighted by atomic mass is 9.80. The first-order chi connectivity index (χ1) is 10.5. The van der Waals surface area contributed by atoms with E-state index < -0.39 is 0 Å². The monoisotopic (exact) mass is 309 g/mol. The van der Waals surface area contributed by atoms with Crippen LogP contribution in [0.4, 0.5) is 0 Å². The number of hydrogen-bond acceptors (Lipinski definition) is 3. The first-order valence-corrected chi connectivity index (χ1v) is 9.03. The number of amides is 1. The standard InChI is InChI=1S/C18H31NO3/c1-13-8-9-16(12-14(13)2)22-18(21)11-10-17(20)19-15-6-4-3-5-7-15/h13-16H,3-12H2,1-2H3,(H,19,20)/t13-,14-,16+/m1/s1. The molecule has 0 heterocycles. The normalized spacial score (nSPS) is 29.8. The maximum absolute atomic E-state index is 11.9. The van der Waals surface area contributed by atoms with E-state index in [1.807, 2.05) is 0 Å². The summed E-state index contributed by atoms with van der Waals surface area (Å²) in [5.41, 5.74) is 0. The summed E-state index contributed by atoms with van der Waals surface area (Å²) in [5.74, 6) is 1.11. The average Bonchev–Trinajstić information content (AvgIpc) is 2.50. The zero-order valence-electron chi connectivity index (χ0n) is 14.1. The molecule has 0 aliphatic heterocycles. The Morgan fingerprint density at radius 1 is 0.955 bits per heavy atom. The zero-order valence-corrected chi connectivity index (χ0v) is 14.1. The number of nitrogens with one attached hydrogen (secondary N) is 1. The van der Waals surface area contributed by atoms with Crippen LogP contribution in [0.15, 0.2) is 0 Å². The molecule has 0 aromatic heterocycles. The Bertz CT molecular complexity index is 377. The van der Waals surface area contributed by atoms with Gasteiger partial charge in [0.25, 0.3) is 0 Å². The van der Waals surface area contributed by atoms with Gasteiger partial charge in [0, 0.05) is 12.5 Å². The highest BCUT2D eigenvalue weighted by Crippen LogP contribution is 2.31. The molecule has 0 bridgehead atoms. The summed E-state index contributed by atoms with van der Waals surface area (Å²) in [5, 5.41) is 3.04. The molecule has 3 atom stereocenters. The molecule has 1 N–H and O–H groups in total. The molecule has 2 rings (SSSR count). The third-order valence-electron chi connectivity index (χ3n) is 5.37. The Labute approximate surface area is 134 Å². The summed E-state index contributed by atoms with van der Waals surface area (Å²) >= 11 is 0. The molecule has 22 heavy (non-hydrogen) atoms. The van der Waals surface area contributed by atoms with E-state index in [-0.39, 0.29) is 30.8 Å². The summed E-state index contributed by atoms with van der Waals surface area (Å²) < 4.78 is 5.53. The number of carbonyl (C=O) groups is 2. The second-order valence-corrected chi connectivity index (χ2v) is 7.28. The first-order valence-electron chi connectivity index (χ1n) is 9.03. The van der Waals surface area contributed by atoms with Gasteiger partial charge >= 0.3 is 5.97 Å². The van der Waals surface area contributed by atoms with Crippen LogP contribution >= 0.6 is 0 Å². The van der Waals surface area contributed by atoms with Crippen molar-refractivity contribution >= 4 is 11.9 Å². The molecular weight excluding hydrogens is 278 g/mol. The van der Waals surface area contributed by atoms with Crippen molar-refractivity contribution in [3.63, 3.8) is 0 Å². The van der Waals surface area contributed by atoms with Gasteiger partial charge < -0.3 is 10.1 Å². The van der Waals surface area contributed by atoms with Crippen molar-refractivity contribution in [2.24, 2.45) is 11.8 Å². The second kappa shape index (κ2) is 8.54. The van der Waals surface area contributed by atoms with E-state index in [0.29, 0.717) is 12.0 Å². The average molecular weight is 309 g/mol. The Morgan fingerprint density at radius 2 is 1.68 bits per heavy atom. The summed E-state index contributed by atoms with van der Waals surface area (Å²) in [4.78, 5) is 23.8. The zero-order chi connectivity index (χ0) is 15.9. The maximum Gasteiger partial charge on any atom is 0.306 e. The Hall–Kier alpha value is -1.06. The third kappa shape index (κ3) is 5.62. The largest absolute Gasteiger partial charge is 0.462 e. The fourth-order valence-electron chi connectivity index (χ4n) is 3.61. The van der Waals surface area contributed by atoms with Gasteiger partial charge in [0.15, 0.2) is 0 Å². The predicted molar refractivity (Wildman–Crippen MR) is 86.3 cm³/mol. The quantitative estimate of drug-likeness (QED) is 0.790. The highest BCUT2D eigenvalue weighted by molar-refractivity contribution is 5.81. The minimum atomic E-state index is -0.217. The van der Waals surface area contributed by atoms with Crippen LogP contribution in [0.2, 0.25) is 0 Å². The fraction of sp³-hybridized carbons (Fsp3) is 0.889. The summed E-state index contributed by atoms with van der Waals surface area (Å²) in [7, 11) is 0. The molecule has 4 nitrogen and oxygen atoms in total. The number of ether oxygens (including phenoxy) is 1. The van der Waals surface area contributed by atoms with Crippen molar-refractivity contribution in [2.45, 2.75) is 90.2 Å². The van der Waals surface area contributed by atoms with Gasteiger partial charge in [-0.2, -0.15) is 0 Å². The number of esters is 1. The van der Waals surface area contributed by atoms with Crippen LogP contribution in [-0.2, 0) is 14.3 Å². The van der Waals surface area contributed by atoms with E-state index in [1.54, 1.807) is 0 Å². The minimum Gasteiger partial charge on any atom is -0.462 e.